The number of fused-ring (bicyclic) bond motifs is 1. The maximum atomic E-state index is 12.8. The number of anilines is 1. The number of amides is 2. The molecule has 134 valence electrons. The van der Waals surface area contributed by atoms with Gasteiger partial charge in [-0.15, -0.1) is 0 Å². The third-order valence-corrected chi connectivity index (χ3v) is 4.70. The number of rotatable bonds is 6. The molecule has 0 radical (unpaired) electrons. The lowest BCUT2D eigenvalue weighted by Gasteiger charge is -2.05. The van der Waals surface area contributed by atoms with E-state index in [2.05, 4.69) is 15.6 Å². The first-order chi connectivity index (χ1) is 12.5. The van der Waals surface area contributed by atoms with Gasteiger partial charge in [0.15, 0.2) is 5.13 Å². The maximum Gasteiger partial charge on any atom is 0.251 e. The second kappa shape index (κ2) is 8.05. The minimum Gasteiger partial charge on any atom is -0.352 e. The molecule has 0 aliphatic rings. The summed E-state index contributed by atoms with van der Waals surface area (Å²) in [4.78, 5) is 28.3. The molecule has 2 aromatic carbocycles. The normalized spacial score (nSPS) is 10.7. The second-order valence-corrected chi connectivity index (χ2v) is 6.94. The minimum atomic E-state index is -0.386. The highest BCUT2D eigenvalue weighted by Crippen LogP contribution is 2.26. The molecule has 0 unspecified atom stereocenters. The van der Waals surface area contributed by atoms with E-state index in [-0.39, 0.29) is 24.1 Å². The van der Waals surface area contributed by atoms with Crippen molar-refractivity contribution in [3.8, 4) is 0 Å². The predicted molar refractivity (Wildman–Crippen MR) is 101 cm³/mol. The van der Waals surface area contributed by atoms with E-state index in [1.54, 1.807) is 0 Å². The van der Waals surface area contributed by atoms with Gasteiger partial charge >= 0.3 is 0 Å². The first kappa shape index (κ1) is 18.0. The van der Waals surface area contributed by atoms with Crippen LogP contribution in [0.15, 0.2) is 42.5 Å². The summed E-state index contributed by atoms with van der Waals surface area (Å²) in [5.41, 5.74) is 2.40. The van der Waals surface area contributed by atoms with Crippen LogP contribution in [0.2, 0.25) is 0 Å². The van der Waals surface area contributed by atoms with Crippen LogP contribution in [0, 0.1) is 12.7 Å². The molecule has 3 rings (SSSR count). The standard InChI is InChI=1S/C19H18FN3O2S/c1-12-4-9-15-16(11-12)26-19(22-15)23-17(24)3-2-10-21-18(25)13-5-7-14(20)8-6-13/h4-9,11H,2-3,10H2,1H3,(H,21,25)(H,22,23,24). The Bertz CT molecular complexity index is 938. The van der Waals surface area contributed by atoms with Gasteiger partial charge in [0.25, 0.3) is 5.91 Å². The van der Waals surface area contributed by atoms with Crippen LogP contribution in [0.1, 0.15) is 28.8 Å². The van der Waals surface area contributed by atoms with E-state index < -0.39 is 0 Å². The Balaban J connectivity index is 1.43. The highest BCUT2D eigenvalue weighted by Gasteiger charge is 2.09. The molecule has 0 fully saturated rings. The SMILES string of the molecule is Cc1ccc2nc(NC(=O)CCCNC(=O)c3ccc(F)cc3)sc2c1. The molecule has 1 heterocycles. The van der Waals surface area contributed by atoms with Crippen LogP contribution in [0.5, 0.6) is 0 Å². The number of aromatic nitrogens is 1. The van der Waals surface area contributed by atoms with Gasteiger partial charge in [0.2, 0.25) is 5.91 Å². The Morgan fingerprint density at radius 3 is 2.69 bits per heavy atom. The quantitative estimate of drug-likeness (QED) is 0.646. The third kappa shape index (κ3) is 4.64. The molecule has 3 aromatic rings. The summed E-state index contributed by atoms with van der Waals surface area (Å²) in [5.74, 6) is -0.813. The number of halogens is 1. The summed E-state index contributed by atoms with van der Waals surface area (Å²) in [6.07, 6.45) is 0.779. The van der Waals surface area contributed by atoms with Crippen LogP contribution in [0.3, 0.4) is 0 Å². The molecule has 1 aromatic heterocycles. The Labute approximate surface area is 154 Å². The van der Waals surface area contributed by atoms with Crippen LogP contribution < -0.4 is 10.6 Å². The van der Waals surface area contributed by atoms with Gasteiger partial charge in [-0.05, 0) is 55.3 Å². The topological polar surface area (TPSA) is 71.1 Å². The van der Waals surface area contributed by atoms with E-state index in [4.69, 9.17) is 0 Å². The average Bonchev–Trinajstić information content (AvgIpc) is 3.00. The van der Waals surface area contributed by atoms with Gasteiger partial charge in [-0.2, -0.15) is 0 Å². The molecule has 0 aliphatic heterocycles. The second-order valence-electron chi connectivity index (χ2n) is 5.90. The highest BCUT2D eigenvalue weighted by atomic mass is 32.1. The molecule has 26 heavy (non-hydrogen) atoms. The molecule has 5 nitrogen and oxygen atoms in total. The number of carbonyl (C=O) groups is 2. The van der Waals surface area contributed by atoms with Crippen LogP contribution in [-0.2, 0) is 4.79 Å². The van der Waals surface area contributed by atoms with Crippen molar-refractivity contribution in [2.45, 2.75) is 19.8 Å². The minimum absolute atomic E-state index is 0.142. The summed E-state index contributed by atoms with van der Waals surface area (Å²) in [7, 11) is 0. The first-order valence-corrected chi connectivity index (χ1v) is 9.04. The van der Waals surface area contributed by atoms with Crippen molar-refractivity contribution in [2.24, 2.45) is 0 Å². The molecule has 2 N–H and O–H groups in total. The number of thiazole rings is 1. The zero-order valence-corrected chi connectivity index (χ0v) is 15.0. The lowest BCUT2D eigenvalue weighted by Crippen LogP contribution is -2.25. The van der Waals surface area contributed by atoms with Crippen molar-refractivity contribution in [1.29, 1.82) is 0 Å². The van der Waals surface area contributed by atoms with E-state index in [0.29, 0.717) is 23.7 Å². The fourth-order valence-corrected chi connectivity index (χ4v) is 3.40. The Hall–Kier alpha value is -2.80. The van der Waals surface area contributed by atoms with Crippen molar-refractivity contribution in [1.82, 2.24) is 10.3 Å². The number of benzene rings is 2. The van der Waals surface area contributed by atoms with E-state index in [0.717, 1.165) is 15.8 Å². The summed E-state index contributed by atoms with van der Waals surface area (Å²) >= 11 is 1.44. The molecule has 2 amide bonds. The van der Waals surface area contributed by atoms with E-state index in [9.17, 15) is 14.0 Å². The Morgan fingerprint density at radius 1 is 1.15 bits per heavy atom. The van der Waals surface area contributed by atoms with Gasteiger partial charge in [-0.25, -0.2) is 9.37 Å². The zero-order valence-electron chi connectivity index (χ0n) is 14.2. The van der Waals surface area contributed by atoms with Gasteiger partial charge in [0, 0.05) is 18.5 Å². The predicted octanol–water partition coefficient (Wildman–Crippen LogP) is 3.89. The Kier molecular flexibility index (Phi) is 5.58. The van der Waals surface area contributed by atoms with Crippen molar-refractivity contribution in [3.63, 3.8) is 0 Å². The molecule has 0 bridgehead atoms. The number of nitrogens with one attached hydrogen (secondary N) is 2. The monoisotopic (exact) mass is 371 g/mol. The average molecular weight is 371 g/mol. The molecule has 0 spiro atoms. The van der Waals surface area contributed by atoms with E-state index >= 15 is 0 Å². The van der Waals surface area contributed by atoms with Crippen LogP contribution in [-0.4, -0.2) is 23.3 Å². The molecule has 0 saturated heterocycles. The summed E-state index contributed by atoms with van der Waals surface area (Å²) in [6.45, 7) is 2.38. The summed E-state index contributed by atoms with van der Waals surface area (Å²) in [6, 6.07) is 11.3. The van der Waals surface area contributed by atoms with Crippen LogP contribution in [0.4, 0.5) is 9.52 Å². The first-order valence-electron chi connectivity index (χ1n) is 8.22. The molecule has 7 heteroatoms. The highest BCUT2D eigenvalue weighted by molar-refractivity contribution is 7.22. The van der Waals surface area contributed by atoms with E-state index in [1.807, 2.05) is 25.1 Å². The molecule has 0 aliphatic carbocycles. The fraction of sp³-hybridized carbons (Fsp3) is 0.211. The number of nitrogens with zero attached hydrogens (tertiary/aromatic N) is 1. The van der Waals surface area contributed by atoms with E-state index in [1.165, 1.54) is 35.6 Å². The van der Waals surface area contributed by atoms with Crippen molar-refractivity contribution in [2.75, 3.05) is 11.9 Å². The third-order valence-electron chi connectivity index (χ3n) is 3.76. The number of carbonyl (C=O) groups excluding carboxylic acids is 2. The summed E-state index contributed by atoms with van der Waals surface area (Å²) in [5, 5.41) is 6.08. The summed E-state index contributed by atoms with van der Waals surface area (Å²) < 4.78 is 13.9. The number of hydrogen-bond donors (Lipinski definition) is 2. The fourth-order valence-electron chi connectivity index (χ4n) is 2.42. The van der Waals surface area contributed by atoms with Gasteiger partial charge in [0.05, 0.1) is 10.2 Å². The van der Waals surface area contributed by atoms with Gasteiger partial charge in [-0.3, -0.25) is 9.59 Å². The lowest BCUT2D eigenvalue weighted by atomic mass is 10.2. The molecular formula is C19H18FN3O2S. The van der Waals surface area contributed by atoms with Crippen molar-refractivity contribution in [3.05, 3.63) is 59.4 Å². The van der Waals surface area contributed by atoms with Crippen LogP contribution in [0.25, 0.3) is 10.2 Å². The largest absolute Gasteiger partial charge is 0.352 e. The number of hydrogen-bond acceptors (Lipinski definition) is 4. The van der Waals surface area contributed by atoms with Crippen molar-refractivity contribution < 1.29 is 14.0 Å². The lowest BCUT2D eigenvalue weighted by molar-refractivity contribution is -0.116. The zero-order chi connectivity index (χ0) is 18.5. The van der Waals surface area contributed by atoms with Gasteiger partial charge in [0.1, 0.15) is 5.82 Å². The maximum absolute atomic E-state index is 12.8. The molecule has 0 saturated carbocycles. The molecule has 0 atom stereocenters. The number of aryl methyl sites for hydroxylation is 1. The van der Waals surface area contributed by atoms with Gasteiger partial charge < -0.3 is 10.6 Å². The van der Waals surface area contributed by atoms with Gasteiger partial charge in [-0.1, -0.05) is 17.4 Å². The van der Waals surface area contributed by atoms with Crippen LogP contribution >= 0.6 is 11.3 Å². The smallest absolute Gasteiger partial charge is 0.251 e. The molecular weight excluding hydrogens is 353 g/mol. The van der Waals surface area contributed by atoms with Crippen molar-refractivity contribution >= 4 is 38.5 Å². The Morgan fingerprint density at radius 2 is 1.92 bits per heavy atom.